The quantitative estimate of drug-likeness (QED) is 0.591. The number of likely N-dealkylation sites (N-methyl/N-ethyl adjacent to an activating group) is 1. The lowest BCUT2D eigenvalue weighted by Gasteiger charge is -2.07. The molecule has 0 radical (unpaired) electrons. The molecular formula is C14H19ClN2O2. The average Bonchev–Trinajstić information content (AvgIpc) is 2.72. The fourth-order valence-electron chi connectivity index (χ4n) is 1.85. The van der Waals surface area contributed by atoms with Crippen LogP contribution < -0.4 is 17.3 Å². The normalized spacial score (nSPS) is 10.5. The molecule has 0 spiro atoms. The Bertz CT molecular complexity index is 537. The second-order valence-corrected chi connectivity index (χ2v) is 4.71. The standard InChI is InChI=1S/C14H18N2O2.ClH/c1-16(2)7-8-18-14(17)9-11-10-15-13-6-4-3-5-12(11)13;/h3-6,10,15H,7-9H2,1-2H3;1H. The Morgan fingerprint density at radius 2 is 2.05 bits per heavy atom. The molecule has 1 aromatic carbocycles. The van der Waals surface area contributed by atoms with Crippen LogP contribution in [0.5, 0.6) is 0 Å². The molecule has 2 aromatic rings. The van der Waals surface area contributed by atoms with Crippen molar-refractivity contribution < 1.29 is 26.8 Å². The van der Waals surface area contributed by atoms with Gasteiger partial charge in [0.1, 0.15) is 13.2 Å². The van der Waals surface area contributed by atoms with E-state index in [1.54, 1.807) is 0 Å². The first kappa shape index (κ1) is 15.5. The van der Waals surface area contributed by atoms with Crippen molar-refractivity contribution in [3.8, 4) is 0 Å². The maximum Gasteiger partial charge on any atom is 0.310 e. The Labute approximate surface area is 119 Å². The van der Waals surface area contributed by atoms with E-state index in [1.165, 1.54) is 4.90 Å². The fraction of sp³-hybridized carbons (Fsp3) is 0.357. The summed E-state index contributed by atoms with van der Waals surface area (Å²) in [6, 6.07) is 7.96. The van der Waals surface area contributed by atoms with Crippen molar-refractivity contribution in [2.24, 2.45) is 0 Å². The van der Waals surface area contributed by atoms with Gasteiger partial charge in [-0.2, -0.15) is 0 Å². The van der Waals surface area contributed by atoms with E-state index in [1.807, 2.05) is 44.6 Å². The molecule has 0 bridgehead atoms. The zero-order valence-corrected chi connectivity index (χ0v) is 12.0. The molecule has 2 rings (SSSR count). The number of esters is 1. The van der Waals surface area contributed by atoms with Crippen molar-refractivity contribution in [3.05, 3.63) is 36.0 Å². The predicted octanol–water partition coefficient (Wildman–Crippen LogP) is -2.60. The number of benzene rings is 1. The first-order valence-corrected chi connectivity index (χ1v) is 6.16. The second-order valence-electron chi connectivity index (χ2n) is 4.71. The molecule has 0 saturated carbocycles. The maximum atomic E-state index is 11.7. The van der Waals surface area contributed by atoms with E-state index in [9.17, 15) is 4.79 Å². The van der Waals surface area contributed by atoms with Gasteiger partial charge in [-0.1, -0.05) is 18.2 Å². The first-order valence-electron chi connectivity index (χ1n) is 6.16. The van der Waals surface area contributed by atoms with Crippen molar-refractivity contribution in [2.45, 2.75) is 6.42 Å². The van der Waals surface area contributed by atoms with Crippen LogP contribution in [0.3, 0.4) is 0 Å². The van der Waals surface area contributed by atoms with E-state index in [-0.39, 0.29) is 18.4 Å². The minimum atomic E-state index is -0.166. The van der Waals surface area contributed by atoms with Gasteiger partial charge in [-0.05, 0) is 11.6 Å². The van der Waals surface area contributed by atoms with Crippen LogP contribution in [0.4, 0.5) is 0 Å². The molecule has 4 nitrogen and oxygen atoms in total. The SMILES string of the molecule is C[NH+](C)CCOC(=O)Cc1c[nH]c2ccccc12.[Cl-]. The first-order chi connectivity index (χ1) is 8.66. The Kier molecular flexibility index (Phi) is 5.86. The topological polar surface area (TPSA) is 46.5 Å². The molecule has 104 valence electrons. The number of carbonyl (C=O) groups is 1. The summed E-state index contributed by atoms with van der Waals surface area (Å²) in [5, 5.41) is 1.09. The summed E-state index contributed by atoms with van der Waals surface area (Å²) in [4.78, 5) is 16.1. The van der Waals surface area contributed by atoms with Gasteiger partial charge in [-0.25, -0.2) is 0 Å². The number of fused-ring (bicyclic) bond motifs is 1. The highest BCUT2D eigenvalue weighted by atomic mass is 35.5. The summed E-state index contributed by atoms with van der Waals surface area (Å²) in [5.41, 5.74) is 2.05. The summed E-state index contributed by atoms with van der Waals surface area (Å²) in [6.07, 6.45) is 2.20. The zero-order chi connectivity index (χ0) is 13.0. The molecule has 0 atom stereocenters. The number of nitrogens with one attached hydrogen (secondary N) is 2. The number of carbonyl (C=O) groups excluding carboxylic acids is 1. The molecule has 0 unspecified atom stereocenters. The average molecular weight is 283 g/mol. The lowest BCUT2D eigenvalue weighted by molar-refractivity contribution is -0.858. The van der Waals surface area contributed by atoms with E-state index in [4.69, 9.17) is 4.74 Å². The summed E-state index contributed by atoms with van der Waals surface area (Å²) >= 11 is 0. The van der Waals surface area contributed by atoms with E-state index in [0.717, 1.165) is 23.0 Å². The van der Waals surface area contributed by atoms with Crippen molar-refractivity contribution in [3.63, 3.8) is 0 Å². The molecule has 19 heavy (non-hydrogen) atoms. The van der Waals surface area contributed by atoms with E-state index in [2.05, 4.69) is 4.98 Å². The Morgan fingerprint density at radius 1 is 1.32 bits per heavy atom. The molecule has 0 aliphatic rings. The molecule has 0 aliphatic carbocycles. The number of aromatic amines is 1. The number of hydrogen-bond acceptors (Lipinski definition) is 2. The van der Waals surface area contributed by atoms with Gasteiger partial charge in [0.2, 0.25) is 0 Å². The van der Waals surface area contributed by atoms with Gasteiger partial charge in [-0.15, -0.1) is 0 Å². The van der Waals surface area contributed by atoms with Crippen LogP contribution in [0.2, 0.25) is 0 Å². The van der Waals surface area contributed by atoms with Gasteiger partial charge in [-0.3, -0.25) is 4.79 Å². The summed E-state index contributed by atoms with van der Waals surface area (Å²) in [6.45, 7) is 1.31. The second kappa shape index (κ2) is 7.16. The lowest BCUT2D eigenvalue weighted by Crippen LogP contribution is -3.06. The smallest absolute Gasteiger partial charge is 0.310 e. The number of halogens is 1. The molecule has 0 fully saturated rings. The number of rotatable bonds is 5. The Morgan fingerprint density at radius 3 is 2.79 bits per heavy atom. The van der Waals surface area contributed by atoms with E-state index >= 15 is 0 Å². The fourth-order valence-corrected chi connectivity index (χ4v) is 1.85. The van der Waals surface area contributed by atoms with Crippen LogP contribution >= 0.6 is 0 Å². The minimum absolute atomic E-state index is 0. The van der Waals surface area contributed by atoms with Gasteiger partial charge in [0.05, 0.1) is 20.5 Å². The lowest BCUT2D eigenvalue weighted by atomic mass is 10.1. The minimum Gasteiger partial charge on any atom is -1.00 e. The van der Waals surface area contributed by atoms with Crippen molar-refractivity contribution in [1.82, 2.24) is 4.98 Å². The van der Waals surface area contributed by atoms with Gasteiger partial charge in [0.25, 0.3) is 0 Å². The Balaban J connectivity index is 0.00000180. The van der Waals surface area contributed by atoms with Crippen LogP contribution in [0, 0.1) is 0 Å². The highest BCUT2D eigenvalue weighted by Gasteiger charge is 2.09. The van der Waals surface area contributed by atoms with Crippen molar-refractivity contribution >= 4 is 16.9 Å². The van der Waals surface area contributed by atoms with Crippen molar-refractivity contribution in [1.29, 1.82) is 0 Å². The predicted molar refractivity (Wildman–Crippen MR) is 70.6 cm³/mol. The maximum absolute atomic E-state index is 11.7. The highest BCUT2D eigenvalue weighted by Crippen LogP contribution is 2.18. The van der Waals surface area contributed by atoms with Gasteiger partial charge >= 0.3 is 5.97 Å². The largest absolute Gasteiger partial charge is 1.00 e. The summed E-state index contributed by atoms with van der Waals surface area (Å²) in [5.74, 6) is -0.166. The number of quaternary nitrogens is 1. The molecule has 0 aliphatic heterocycles. The number of hydrogen-bond donors (Lipinski definition) is 2. The van der Waals surface area contributed by atoms with Crippen LogP contribution in [0.25, 0.3) is 10.9 Å². The molecular weight excluding hydrogens is 264 g/mol. The van der Waals surface area contributed by atoms with Crippen LogP contribution in [0.15, 0.2) is 30.5 Å². The molecule has 5 heteroatoms. The molecule has 0 amide bonds. The Hall–Kier alpha value is -1.52. The number of H-pyrrole nitrogens is 1. The number of para-hydroxylation sites is 1. The van der Waals surface area contributed by atoms with Gasteiger partial charge < -0.3 is 27.0 Å². The van der Waals surface area contributed by atoms with Crippen molar-refractivity contribution in [2.75, 3.05) is 27.2 Å². The third kappa shape index (κ3) is 4.26. The number of ether oxygens (including phenoxy) is 1. The van der Waals surface area contributed by atoms with Gasteiger partial charge in [0.15, 0.2) is 0 Å². The molecule has 1 heterocycles. The summed E-state index contributed by atoms with van der Waals surface area (Å²) < 4.78 is 5.20. The zero-order valence-electron chi connectivity index (χ0n) is 11.2. The van der Waals surface area contributed by atoms with E-state index in [0.29, 0.717) is 13.0 Å². The third-order valence-corrected chi connectivity index (χ3v) is 2.87. The van der Waals surface area contributed by atoms with Crippen LogP contribution in [-0.2, 0) is 16.0 Å². The monoisotopic (exact) mass is 282 g/mol. The third-order valence-electron chi connectivity index (χ3n) is 2.87. The van der Waals surface area contributed by atoms with E-state index < -0.39 is 0 Å². The molecule has 1 aromatic heterocycles. The van der Waals surface area contributed by atoms with Crippen LogP contribution in [0.1, 0.15) is 5.56 Å². The number of aromatic nitrogens is 1. The van der Waals surface area contributed by atoms with Crippen LogP contribution in [-0.4, -0.2) is 38.2 Å². The summed E-state index contributed by atoms with van der Waals surface area (Å²) in [7, 11) is 4.07. The molecule has 0 saturated heterocycles. The van der Waals surface area contributed by atoms with Gasteiger partial charge in [0, 0.05) is 17.1 Å². The molecule has 2 N–H and O–H groups in total. The highest BCUT2D eigenvalue weighted by molar-refractivity contribution is 5.87.